The minimum absolute atomic E-state index is 0.206. The number of hydroxylamine groups is 1. The standard InChI is InChI=1S/C16H13N3O3/c20-15(18-21)13-9-11-19(14-8-4-5-10-17-14)16(13)22-12-6-2-1-3-7-12/h1-11,21H,(H,18,20). The van der Waals surface area contributed by atoms with Gasteiger partial charge in [-0.1, -0.05) is 24.3 Å². The van der Waals surface area contributed by atoms with Crippen molar-refractivity contribution < 1.29 is 14.7 Å². The molecule has 2 aromatic heterocycles. The van der Waals surface area contributed by atoms with Gasteiger partial charge in [-0.15, -0.1) is 0 Å². The van der Waals surface area contributed by atoms with Crippen LogP contribution in [0, 0.1) is 0 Å². The molecule has 2 N–H and O–H groups in total. The van der Waals surface area contributed by atoms with Gasteiger partial charge in [-0.2, -0.15) is 0 Å². The van der Waals surface area contributed by atoms with E-state index in [0.717, 1.165) is 0 Å². The van der Waals surface area contributed by atoms with Crippen molar-refractivity contribution >= 4 is 5.91 Å². The zero-order valence-electron chi connectivity index (χ0n) is 11.5. The molecule has 3 rings (SSSR count). The summed E-state index contributed by atoms with van der Waals surface area (Å²) in [4.78, 5) is 16.0. The van der Waals surface area contributed by atoms with E-state index in [2.05, 4.69) is 4.98 Å². The van der Waals surface area contributed by atoms with Gasteiger partial charge < -0.3 is 4.74 Å². The van der Waals surface area contributed by atoms with Crippen LogP contribution in [0.15, 0.2) is 67.0 Å². The van der Waals surface area contributed by atoms with Crippen molar-refractivity contribution in [3.63, 3.8) is 0 Å². The van der Waals surface area contributed by atoms with E-state index >= 15 is 0 Å². The van der Waals surface area contributed by atoms with E-state index in [9.17, 15) is 4.79 Å². The summed E-state index contributed by atoms with van der Waals surface area (Å²) in [6.07, 6.45) is 3.30. The molecule has 0 fully saturated rings. The molecule has 110 valence electrons. The predicted molar refractivity (Wildman–Crippen MR) is 79.3 cm³/mol. The van der Waals surface area contributed by atoms with E-state index in [-0.39, 0.29) is 11.4 Å². The van der Waals surface area contributed by atoms with E-state index in [4.69, 9.17) is 9.94 Å². The Morgan fingerprint density at radius 2 is 1.86 bits per heavy atom. The Morgan fingerprint density at radius 3 is 2.55 bits per heavy atom. The van der Waals surface area contributed by atoms with Crippen LogP contribution in [0.1, 0.15) is 10.4 Å². The number of pyridine rings is 1. The summed E-state index contributed by atoms with van der Waals surface area (Å²) in [6.45, 7) is 0. The number of aromatic nitrogens is 2. The highest BCUT2D eigenvalue weighted by molar-refractivity contribution is 5.96. The Kier molecular flexibility index (Phi) is 3.84. The van der Waals surface area contributed by atoms with E-state index in [1.807, 2.05) is 24.3 Å². The van der Waals surface area contributed by atoms with Crippen molar-refractivity contribution in [2.75, 3.05) is 0 Å². The van der Waals surface area contributed by atoms with E-state index in [0.29, 0.717) is 11.6 Å². The Balaban J connectivity index is 2.07. The van der Waals surface area contributed by atoms with E-state index < -0.39 is 5.91 Å². The van der Waals surface area contributed by atoms with Gasteiger partial charge in [0, 0.05) is 12.4 Å². The molecule has 0 radical (unpaired) electrons. The van der Waals surface area contributed by atoms with E-state index in [1.165, 1.54) is 0 Å². The average Bonchev–Trinajstić information content (AvgIpc) is 2.99. The number of nitrogens with one attached hydrogen (secondary N) is 1. The van der Waals surface area contributed by atoms with Gasteiger partial charge in [0.05, 0.1) is 0 Å². The maximum absolute atomic E-state index is 11.8. The molecule has 0 bridgehead atoms. The van der Waals surface area contributed by atoms with Crippen molar-refractivity contribution in [3.05, 3.63) is 72.6 Å². The van der Waals surface area contributed by atoms with Crippen LogP contribution in [0.25, 0.3) is 5.82 Å². The number of rotatable bonds is 4. The lowest BCUT2D eigenvalue weighted by molar-refractivity contribution is 0.0703. The predicted octanol–water partition coefficient (Wildman–Crippen LogP) is 2.78. The lowest BCUT2D eigenvalue weighted by Gasteiger charge is -2.11. The van der Waals surface area contributed by atoms with Crippen LogP contribution >= 0.6 is 0 Å². The van der Waals surface area contributed by atoms with Crippen molar-refractivity contribution in [1.82, 2.24) is 15.0 Å². The van der Waals surface area contributed by atoms with Gasteiger partial charge in [0.25, 0.3) is 5.91 Å². The molecule has 6 nitrogen and oxygen atoms in total. The van der Waals surface area contributed by atoms with Gasteiger partial charge in [-0.25, -0.2) is 10.5 Å². The number of benzene rings is 1. The summed E-state index contributed by atoms with van der Waals surface area (Å²) in [7, 11) is 0. The second-order valence-electron chi connectivity index (χ2n) is 4.45. The topological polar surface area (TPSA) is 76.4 Å². The fourth-order valence-electron chi connectivity index (χ4n) is 2.03. The van der Waals surface area contributed by atoms with Crippen molar-refractivity contribution in [2.45, 2.75) is 0 Å². The number of para-hydroxylation sites is 1. The summed E-state index contributed by atoms with van der Waals surface area (Å²) in [5, 5.41) is 8.88. The summed E-state index contributed by atoms with van der Waals surface area (Å²) >= 11 is 0. The highest BCUT2D eigenvalue weighted by Gasteiger charge is 2.19. The lowest BCUT2D eigenvalue weighted by atomic mass is 10.3. The van der Waals surface area contributed by atoms with E-state index in [1.54, 1.807) is 52.8 Å². The molecule has 1 amide bonds. The Bertz CT molecular complexity index is 770. The monoisotopic (exact) mass is 295 g/mol. The maximum atomic E-state index is 11.8. The van der Waals surface area contributed by atoms with Gasteiger partial charge in [-0.05, 0) is 30.3 Å². The molecule has 0 atom stereocenters. The summed E-state index contributed by atoms with van der Waals surface area (Å²) in [5.41, 5.74) is 1.83. The Labute approximate surface area is 126 Å². The maximum Gasteiger partial charge on any atom is 0.280 e. The minimum atomic E-state index is -0.652. The molecule has 22 heavy (non-hydrogen) atoms. The fourth-order valence-corrected chi connectivity index (χ4v) is 2.03. The van der Waals surface area contributed by atoms with Crippen LogP contribution in [-0.4, -0.2) is 20.7 Å². The molecule has 0 aliphatic heterocycles. The molecule has 1 aromatic carbocycles. The molecule has 6 heteroatoms. The zero-order valence-corrected chi connectivity index (χ0v) is 11.5. The highest BCUT2D eigenvalue weighted by Crippen LogP contribution is 2.28. The average molecular weight is 295 g/mol. The quantitative estimate of drug-likeness (QED) is 0.573. The number of ether oxygens (including phenoxy) is 1. The lowest BCUT2D eigenvalue weighted by Crippen LogP contribution is -2.19. The van der Waals surface area contributed by atoms with Crippen molar-refractivity contribution in [1.29, 1.82) is 0 Å². The molecule has 0 aliphatic carbocycles. The SMILES string of the molecule is O=C(NO)c1ccn(-c2ccccn2)c1Oc1ccccc1. The fraction of sp³-hybridized carbons (Fsp3) is 0. The molecule has 2 heterocycles. The van der Waals surface area contributed by atoms with Crippen molar-refractivity contribution in [2.24, 2.45) is 0 Å². The van der Waals surface area contributed by atoms with Gasteiger partial charge in [0.1, 0.15) is 17.1 Å². The number of amides is 1. The van der Waals surface area contributed by atoms with Crippen LogP contribution in [0.4, 0.5) is 0 Å². The largest absolute Gasteiger partial charge is 0.440 e. The third kappa shape index (κ3) is 2.68. The molecule has 0 saturated heterocycles. The first-order chi connectivity index (χ1) is 10.8. The highest BCUT2D eigenvalue weighted by atomic mass is 16.5. The molecule has 0 saturated carbocycles. The summed E-state index contributed by atoms with van der Waals surface area (Å²) in [5.74, 6) is 0.799. The zero-order chi connectivity index (χ0) is 15.4. The smallest absolute Gasteiger partial charge is 0.280 e. The van der Waals surface area contributed by atoms with Crippen LogP contribution < -0.4 is 10.2 Å². The number of carbonyl (C=O) groups excluding carboxylic acids is 1. The first-order valence-corrected chi connectivity index (χ1v) is 6.59. The molecule has 3 aromatic rings. The van der Waals surface area contributed by atoms with Crippen LogP contribution in [-0.2, 0) is 0 Å². The summed E-state index contributed by atoms with van der Waals surface area (Å²) < 4.78 is 7.45. The Hall–Kier alpha value is -3.12. The van der Waals surface area contributed by atoms with Crippen LogP contribution in [0.2, 0.25) is 0 Å². The molecular weight excluding hydrogens is 282 g/mol. The molecular formula is C16H13N3O3. The summed E-state index contributed by atoms with van der Waals surface area (Å²) in [6, 6.07) is 16.0. The second kappa shape index (κ2) is 6.11. The number of hydrogen-bond acceptors (Lipinski definition) is 4. The number of carbonyl (C=O) groups is 1. The van der Waals surface area contributed by atoms with Crippen molar-refractivity contribution in [3.8, 4) is 17.4 Å². The Morgan fingerprint density at radius 1 is 1.09 bits per heavy atom. The van der Waals surface area contributed by atoms with Crippen LogP contribution in [0.3, 0.4) is 0 Å². The van der Waals surface area contributed by atoms with Gasteiger partial charge in [-0.3, -0.25) is 14.6 Å². The minimum Gasteiger partial charge on any atom is -0.440 e. The first kappa shape index (κ1) is 13.8. The van der Waals surface area contributed by atoms with Gasteiger partial charge in [0.2, 0.25) is 5.88 Å². The second-order valence-corrected chi connectivity index (χ2v) is 4.45. The molecule has 0 aliphatic rings. The van der Waals surface area contributed by atoms with Gasteiger partial charge in [0.15, 0.2) is 0 Å². The third-order valence-electron chi connectivity index (χ3n) is 3.04. The number of nitrogens with zero attached hydrogens (tertiary/aromatic N) is 2. The molecule has 0 unspecified atom stereocenters. The first-order valence-electron chi connectivity index (χ1n) is 6.59. The van der Waals surface area contributed by atoms with Crippen LogP contribution in [0.5, 0.6) is 11.6 Å². The van der Waals surface area contributed by atoms with Gasteiger partial charge >= 0.3 is 0 Å². The number of hydrogen-bond donors (Lipinski definition) is 2. The normalized spacial score (nSPS) is 10.2. The third-order valence-corrected chi connectivity index (χ3v) is 3.04. The molecule has 0 spiro atoms.